The zero-order valence-electron chi connectivity index (χ0n) is 15.8. The van der Waals surface area contributed by atoms with Crippen molar-refractivity contribution in [3.05, 3.63) is 44.2 Å². The Morgan fingerprint density at radius 3 is 2.90 bits per heavy atom. The van der Waals surface area contributed by atoms with Crippen LogP contribution in [0.15, 0.2) is 27.8 Å². The lowest BCUT2D eigenvalue weighted by Gasteiger charge is -2.09. The zero-order chi connectivity index (χ0) is 20.8. The Balaban J connectivity index is 1.64. The molecule has 0 bridgehead atoms. The highest BCUT2D eigenvalue weighted by molar-refractivity contribution is 9.10. The number of benzene rings is 1. The molecule has 9 heteroatoms. The maximum absolute atomic E-state index is 12.2. The number of aryl methyl sites for hydroxylation is 1. The summed E-state index contributed by atoms with van der Waals surface area (Å²) in [5.41, 5.74) is 4.36. The van der Waals surface area contributed by atoms with Gasteiger partial charge in [-0.1, -0.05) is 15.9 Å². The van der Waals surface area contributed by atoms with E-state index in [1.54, 1.807) is 6.07 Å². The van der Waals surface area contributed by atoms with Gasteiger partial charge in [-0.2, -0.15) is 10.4 Å². The maximum Gasteiger partial charge on any atom is 0.329 e. The fourth-order valence-corrected chi connectivity index (χ4v) is 4.60. The summed E-state index contributed by atoms with van der Waals surface area (Å²) in [6.45, 7) is 2.42. The average Bonchev–Trinajstić information content (AvgIpc) is 3.07. The molecule has 1 aliphatic rings. The van der Waals surface area contributed by atoms with Crippen molar-refractivity contribution in [3.8, 4) is 11.8 Å². The standard InChI is InChI=1S/C20H19BrN4O3S/c1-2-28-13-7-8-16(21)12(9-13)11-23-25-19(27)18(26)24-20-15(10-22)14-5-3-4-6-17(14)29-20/h7-9,11H,2-6H2,1H3,(H,24,26)(H,25,27)/b23-11-. The molecular weight excluding hydrogens is 456 g/mol. The van der Waals surface area contributed by atoms with E-state index in [-0.39, 0.29) is 0 Å². The van der Waals surface area contributed by atoms with E-state index in [1.807, 2.05) is 19.1 Å². The van der Waals surface area contributed by atoms with Crippen LogP contribution in [0.4, 0.5) is 5.00 Å². The number of nitrogens with zero attached hydrogens (tertiary/aromatic N) is 2. The molecule has 0 unspecified atom stereocenters. The summed E-state index contributed by atoms with van der Waals surface area (Å²) in [4.78, 5) is 25.4. The molecular formula is C20H19BrN4O3S. The van der Waals surface area contributed by atoms with E-state index < -0.39 is 11.8 Å². The highest BCUT2D eigenvalue weighted by Gasteiger charge is 2.23. The number of hydrazone groups is 1. The Hall–Kier alpha value is -2.70. The number of hydrogen-bond acceptors (Lipinski definition) is 6. The molecule has 2 amide bonds. The quantitative estimate of drug-likeness (QED) is 0.391. The molecule has 2 N–H and O–H groups in total. The first-order valence-electron chi connectivity index (χ1n) is 9.14. The Kier molecular flexibility index (Phi) is 7.01. The molecule has 1 aromatic carbocycles. The number of hydrogen-bond donors (Lipinski definition) is 2. The summed E-state index contributed by atoms with van der Waals surface area (Å²) in [6, 6.07) is 7.53. The number of nitriles is 1. The molecule has 0 radical (unpaired) electrons. The van der Waals surface area contributed by atoms with E-state index in [0.717, 1.165) is 40.6 Å². The number of ether oxygens (including phenoxy) is 1. The van der Waals surface area contributed by atoms with Crippen LogP contribution in [0.25, 0.3) is 0 Å². The van der Waals surface area contributed by atoms with Crippen LogP contribution < -0.4 is 15.5 Å². The van der Waals surface area contributed by atoms with Crippen molar-refractivity contribution < 1.29 is 14.3 Å². The van der Waals surface area contributed by atoms with Crippen LogP contribution in [0.5, 0.6) is 5.75 Å². The van der Waals surface area contributed by atoms with Gasteiger partial charge in [-0.05, 0) is 56.4 Å². The van der Waals surface area contributed by atoms with Crippen LogP contribution in [0.2, 0.25) is 0 Å². The zero-order valence-corrected chi connectivity index (χ0v) is 18.2. The van der Waals surface area contributed by atoms with Crippen molar-refractivity contribution in [1.82, 2.24) is 5.43 Å². The average molecular weight is 475 g/mol. The monoisotopic (exact) mass is 474 g/mol. The largest absolute Gasteiger partial charge is 0.494 e. The summed E-state index contributed by atoms with van der Waals surface area (Å²) < 4.78 is 6.20. The number of carbonyl (C=O) groups is 2. The second-order valence-electron chi connectivity index (χ2n) is 6.30. The molecule has 0 saturated carbocycles. The molecule has 150 valence electrons. The second-order valence-corrected chi connectivity index (χ2v) is 8.26. The lowest BCUT2D eigenvalue weighted by atomic mass is 9.96. The number of nitrogens with one attached hydrogen (secondary N) is 2. The summed E-state index contributed by atoms with van der Waals surface area (Å²) in [6.07, 6.45) is 5.25. The highest BCUT2D eigenvalue weighted by atomic mass is 79.9. The van der Waals surface area contributed by atoms with Gasteiger partial charge < -0.3 is 10.1 Å². The molecule has 2 aromatic rings. The normalized spacial score (nSPS) is 12.9. The number of thiophene rings is 1. The molecule has 1 aliphatic carbocycles. The molecule has 0 atom stereocenters. The molecule has 0 saturated heterocycles. The van der Waals surface area contributed by atoms with Crippen LogP contribution in [0, 0.1) is 11.3 Å². The van der Waals surface area contributed by atoms with Gasteiger partial charge in [-0.25, -0.2) is 5.43 Å². The van der Waals surface area contributed by atoms with Crippen molar-refractivity contribution in [1.29, 1.82) is 5.26 Å². The number of rotatable bonds is 5. The van der Waals surface area contributed by atoms with Crippen LogP contribution in [-0.2, 0) is 22.4 Å². The summed E-state index contributed by atoms with van der Waals surface area (Å²) in [7, 11) is 0. The van der Waals surface area contributed by atoms with Crippen molar-refractivity contribution in [2.24, 2.45) is 5.10 Å². The summed E-state index contributed by atoms with van der Waals surface area (Å²) in [5.74, 6) is -1.10. The first-order chi connectivity index (χ1) is 14.0. The van der Waals surface area contributed by atoms with Crippen LogP contribution in [0.1, 0.15) is 41.3 Å². The van der Waals surface area contributed by atoms with E-state index in [9.17, 15) is 14.9 Å². The van der Waals surface area contributed by atoms with Gasteiger partial charge >= 0.3 is 11.8 Å². The van der Waals surface area contributed by atoms with Crippen LogP contribution >= 0.6 is 27.3 Å². The van der Waals surface area contributed by atoms with Gasteiger partial charge in [0.05, 0.1) is 18.4 Å². The van der Waals surface area contributed by atoms with Gasteiger partial charge in [-0.15, -0.1) is 11.3 Å². The minimum Gasteiger partial charge on any atom is -0.494 e. The number of carbonyl (C=O) groups excluding carboxylic acids is 2. The SMILES string of the molecule is CCOc1ccc(Br)c(/C=N\NC(=O)C(=O)Nc2sc3c(c2C#N)CCCC3)c1. The first-order valence-corrected chi connectivity index (χ1v) is 10.8. The second kappa shape index (κ2) is 9.67. The summed E-state index contributed by atoms with van der Waals surface area (Å²) in [5, 5.41) is 16.2. The Bertz CT molecular complexity index is 1010. The van der Waals surface area contributed by atoms with E-state index in [0.29, 0.717) is 28.5 Å². The molecule has 3 rings (SSSR count). The smallest absolute Gasteiger partial charge is 0.329 e. The maximum atomic E-state index is 12.2. The first kappa shape index (κ1) is 21.0. The third kappa shape index (κ3) is 5.02. The Morgan fingerprint density at radius 2 is 2.14 bits per heavy atom. The fraction of sp³-hybridized carbons (Fsp3) is 0.300. The third-order valence-corrected chi connectivity index (χ3v) is 6.29. The lowest BCUT2D eigenvalue weighted by Crippen LogP contribution is -2.32. The van der Waals surface area contributed by atoms with Crippen molar-refractivity contribution in [2.75, 3.05) is 11.9 Å². The van der Waals surface area contributed by atoms with Crippen molar-refractivity contribution in [2.45, 2.75) is 32.6 Å². The predicted molar refractivity (Wildman–Crippen MR) is 115 cm³/mol. The number of amides is 2. The van der Waals surface area contributed by atoms with E-state index in [1.165, 1.54) is 17.6 Å². The van der Waals surface area contributed by atoms with Gasteiger partial charge in [0.15, 0.2) is 0 Å². The Labute approximate surface area is 180 Å². The number of halogens is 1. The minimum atomic E-state index is -0.909. The van der Waals surface area contributed by atoms with Crippen molar-refractivity contribution >= 4 is 50.3 Å². The molecule has 1 heterocycles. The predicted octanol–water partition coefficient (Wildman–Crippen LogP) is 3.75. The molecule has 29 heavy (non-hydrogen) atoms. The van der Waals surface area contributed by atoms with E-state index >= 15 is 0 Å². The lowest BCUT2D eigenvalue weighted by molar-refractivity contribution is -0.136. The van der Waals surface area contributed by atoms with Crippen LogP contribution in [-0.4, -0.2) is 24.6 Å². The molecule has 0 fully saturated rings. The minimum absolute atomic E-state index is 0.427. The fourth-order valence-electron chi connectivity index (χ4n) is 3.02. The molecule has 0 spiro atoms. The highest BCUT2D eigenvalue weighted by Crippen LogP contribution is 2.37. The summed E-state index contributed by atoms with van der Waals surface area (Å²) >= 11 is 4.77. The van der Waals surface area contributed by atoms with Gasteiger partial charge in [0.25, 0.3) is 0 Å². The van der Waals surface area contributed by atoms with E-state index in [4.69, 9.17) is 4.74 Å². The van der Waals surface area contributed by atoms with Crippen LogP contribution in [0.3, 0.4) is 0 Å². The van der Waals surface area contributed by atoms with Gasteiger partial charge in [-0.3, -0.25) is 9.59 Å². The molecule has 7 nitrogen and oxygen atoms in total. The topological polar surface area (TPSA) is 104 Å². The van der Waals surface area contributed by atoms with Gasteiger partial charge in [0.1, 0.15) is 16.8 Å². The van der Waals surface area contributed by atoms with Crippen molar-refractivity contribution in [3.63, 3.8) is 0 Å². The van der Waals surface area contributed by atoms with Gasteiger partial charge in [0, 0.05) is 14.9 Å². The third-order valence-electron chi connectivity index (χ3n) is 4.36. The molecule has 0 aliphatic heterocycles. The Morgan fingerprint density at radius 1 is 1.34 bits per heavy atom. The number of fused-ring (bicyclic) bond motifs is 1. The number of anilines is 1. The molecule has 1 aromatic heterocycles. The van der Waals surface area contributed by atoms with E-state index in [2.05, 4.69) is 37.8 Å². The van der Waals surface area contributed by atoms with Gasteiger partial charge in [0.2, 0.25) is 0 Å².